The smallest absolute Gasteiger partial charge is 0.327 e. The van der Waals surface area contributed by atoms with Crippen LogP contribution in [0.1, 0.15) is 18.4 Å². The monoisotopic (exact) mass is 248 g/mol. The molecule has 0 saturated heterocycles. The van der Waals surface area contributed by atoms with Crippen LogP contribution in [-0.2, 0) is 11.2 Å². The number of benzene rings is 1. The highest BCUT2D eigenvalue weighted by atomic mass is 16.5. The summed E-state index contributed by atoms with van der Waals surface area (Å²) in [5.41, 5.74) is 1.12. The van der Waals surface area contributed by atoms with E-state index in [1.807, 2.05) is 18.2 Å². The highest BCUT2D eigenvalue weighted by Gasteiger charge is 2.10. The molecule has 4 nitrogen and oxygen atoms in total. The molecule has 1 aliphatic rings. The average molecular weight is 248 g/mol. The number of hydrogen-bond donors (Lipinski definition) is 1. The molecule has 96 valence electrons. The SMILES string of the molecule is O=C(O)/C=C/CCc1ccc2c(c1)OCCCO2. The third kappa shape index (κ3) is 3.52. The zero-order valence-electron chi connectivity index (χ0n) is 10.1. The van der Waals surface area contributed by atoms with Gasteiger partial charge in [-0.05, 0) is 30.5 Å². The second kappa shape index (κ2) is 6.10. The molecule has 1 aromatic carbocycles. The van der Waals surface area contributed by atoms with Crippen molar-refractivity contribution in [2.24, 2.45) is 0 Å². The van der Waals surface area contributed by atoms with E-state index in [-0.39, 0.29) is 0 Å². The largest absolute Gasteiger partial charge is 0.490 e. The first-order valence-corrected chi connectivity index (χ1v) is 6.04. The minimum Gasteiger partial charge on any atom is -0.490 e. The molecule has 1 aliphatic heterocycles. The van der Waals surface area contributed by atoms with Crippen LogP contribution in [0.15, 0.2) is 30.4 Å². The third-order valence-corrected chi connectivity index (χ3v) is 2.67. The topological polar surface area (TPSA) is 55.8 Å². The van der Waals surface area contributed by atoms with Gasteiger partial charge in [0.25, 0.3) is 0 Å². The zero-order valence-corrected chi connectivity index (χ0v) is 10.1. The predicted octanol–water partition coefficient (Wildman–Crippen LogP) is 2.42. The van der Waals surface area contributed by atoms with E-state index in [0.29, 0.717) is 19.6 Å². The fourth-order valence-electron chi connectivity index (χ4n) is 1.80. The van der Waals surface area contributed by atoms with Crippen LogP contribution in [0, 0.1) is 0 Å². The van der Waals surface area contributed by atoms with E-state index in [1.54, 1.807) is 6.08 Å². The lowest BCUT2D eigenvalue weighted by atomic mass is 10.1. The normalized spacial score (nSPS) is 14.4. The number of carboxylic acid groups (broad SMARTS) is 1. The Morgan fingerprint density at radius 3 is 2.83 bits per heavy atom. The van der Waals surface area contributed by atoms with E-state index in [1.165, 1.54) is 6.08 Å². The molecular formula is C14H16O4. The number of carbonyl (C=O) groups is 1. The van der Waals surface area contributed by atoms with Gasteiger partial charge in [-0.15, -0.1) is 0 Å². The van der Waals surface area contributed by atoms with Crippen molar-refractivity contribution in [3.05, 3.63) is 35.9 Å². The average Bonchev–Trinajstić information content (AvgIpc) is 2.59. The molecule has 0 saturated carbocycles. The first kappa shape index (κ1) is 12.5. The number of ether oxygens (including phenoxy) is 2. The highest BCUT2D eigenvalue weighted by Crippen LogP contribution is 2.30. The molecule has 0 unspecified atom stereocenters. The van der Waals surface area contributed by atoms with Gasteiger partial charge in [0.05, 0.1) is 13.2 Å². The molecule has 0 radical (unpaired) electrons. The van der Waals surface area contributed by atoms with Crippen molar-refractivity contribution in [1.82, 2.24) is 0 Å². The second-order valence-electron chi connectivity index (χ2n) is 4.11. The summed E-state index contributed by atoms with van der Waals surface area (Å²) in [6, 6.07) is 5.87. The Hall–Kier alpha value is -1.97. The Bertz CT molecular complexity index is 451. The Morgan fingerprint density at radius 1 is 1.28 bits per heavy atom. The van der Waals surface area contributed by atoms with E-state index in [0.717, 1.165) is 29.9 Å². The third-order valence-electron chi connectivity index (χ3n) is 2.67. The number of aryl methyl sites for hydroxylation is 1. The van der Waals surface area contributed by atoms with Gasteiger partial charge < -0.3 is 14.6 Å². The van der Waals surface area contributed by atoms with E-state index in [9.17, 15) is 4.79 Å². The quantitative estimate of drug-likeness (QED) is 0.831. The summed E-state index contributed by atoms with van der Waals surface area (Å²) < 4.78 is 11.1. The first-order chi connectivity index (χ1) is 8.75. The Balaban J connectivity index is 1.97. The minimum absolute atomic E-state index is 0.676. The van der Waals surface area contributed by atoms with E-state index in [2.05, 4.69) is 0 Å². The maximum absolute atomic E-state index is 10.3. The predicted molar refractivity (Wildman–Crippen MR) is 67.1 cm³/mol. The molecule has 0 aromatic heterocycles. The van der Waals surface area contributed by atoms with Gasteiger partial charge in [0.1, 0.15) is 0 Å². The summed E-state index contributed by atoms with van der Waals surface area (Å²) in [7, 11) is 0. The van der Waals surface area contributed by atoms with Crippen molar-refractivity contribution in [3.63, 3.8) is 0 Å². The highest BCUT2D eigenvalue weighted by molar-refractivity contribution is 5.79. The van der Waals surface area contributed by atoms with Crippen LogP contribution in [0.5, 0.6) is 11.5 Å². The molecule has 1 N–H and O–H groups in total. The summed E-state index contributed by atoms with van der Waals surface area (Å²) in [5.74, 6) is 0.665. The van der Waals surface area contributed by atoms with Gasteiger partial charge in [-0.2, -0.15) is 0 Å². The van der Waals surface area contributed by atoms with Crippen LogP contribution in [0.4, 0.5) is 0 Å². The van der Waals surface area contributed by atoms with Crippen LogP contribution in [0.2, 0.25) is 0 Å². The van der Waals surface area contributed by atoms with E-state index < -0.39 is 5.97 Å². The standard InChI is InChI=1S/C14H16O4/c15-14(16)5-2-1-4-11-6-7-12-13(10-11)18-9-3-8-17-12/h2,5-7,10H,1,3-4,8-9H2,(H,15,16)/b5-2+. The molecule has 18 heavy (non-hydrogen) atoms. The van der Waals surface area contributed by atoms with Crippen molar-refractivity contribution in [3.8, 4) is 11.5 Å². The van der Waals surface area contributed by atoms with Gasteiger partial charge in [0.2, 0.25) is 0 Å². The summed E-state index contributed by atoms with van der Waals surface area (Å²) >= 11 is 0. The van der Waals surface area contributed by atoms with Crippen molar-refractivity contribution in [1.29, 1.82) is 0 Å². The van der Waals surface area contributed by atoms with Gasteiger partial charge in [0, 0.05) is 12.5 Å². The van der Waals surface area contributed by atoms with Gasteiger partial charge in [-0.25, -0.2) is 4.79 Å². The van der Waals surface area contributed by atoms with Gasteiger partial charge >= 0.3 is 5.97 Å². The van der Waals surface area contributed by atoms with Gasteiger partial charge in [-0.1, -0.05) is 12.1 Å². The van der Waals surface area contributed by atoms with Crippen LogP contribution < -0.4 is 9.47 Å². The molecule has 1 heterocycles. The Morgan fingerprint density at radius 2 is 2.06 bits per heavy atom. The molecule has 0 bridgehead atoms. The molecule has 0 aliphatic carbocycles. The molecule has 4 heteroatoms. The van der Waals surface area contributed by atoms with Gasteiger partial charge in [-0.3, -0.25) is 0 Å². The summed E-state index contributed by atoms with van der Waals surface area (Å²) in [6.45, 7) is 1.36. The second-order valence-corrected chi connectivity index (χ2v) is 4.11. The van der Waals surface area contributed by atoms with Crippen LogP contribution >= 0.6 is 0 Å². The minimum atomic E-state index is -0.909. The van der Waals surface area contributed by atoms with E-state index >= 15 is 0 Å². The maximum Gasteiger partial charge on any atom is 0.327 e. The Labute approximate surface area is 106 Å². The summed E-state index contributed by atoms with van der Waals surface area (Å²) in [5, 5.41) is 8.48. The van der Waals surface area contributed by atoms with Crippen molar-refractivity contribution < 1.29 is 19.4 Å². The van der Waals surface area contributed by atoms with Crippen LogP contribution in [0.3, 0.4) is 0 Å². The van der Waals surface area contributed by atoms with Crippen LogP contribution in [-0.4, -0.2) is 24.3 Å². The van der Waals surface area contributed by atoms with Crippen LogP contribution in [0.25, 0.3) is 0 Å². The lowest BCUT2D eigenvalue weighted by Crippen LogP contribution is -1.97. The van der Waals surface area contributed by atoms with Crippen molar-refractivity contribution in [2.75, 3.05) is 13.2 Å². The molecular weight excluding hydrogens is 232 g/mol. The first-order valence-electron chi connectivity index (χ1n) is 6.04. The number of aliphatic carboxylic acids is 1. The molecule has 0 fully saturated rings. The molecule has 0 atom stereocenters. The lowest BCUT2D eigenvalue weighted by molar-refractivity contribution is -0.131. The summed E-state index contributed by atoms with van der Waals surface area (Å²) in [6.07, 6.45) is 5.21. The van der Waals surface area contributed by atoms with Gasteiger partial charge in [0.15, 0.2) is 11.5 Å². The molecule has 2 rings (SSSR count). The number of rotatable bonds is 4. The van der Waals surface area contributed by atoms with Crippen molar-refractivity contribution in [2.45, 2.75) is 19.3 Å². The molecule has 0 amide bonds. The van der Waals surface area contributed by atoms with E-state index in [4.69, 9.17) is 14.6 Å². The van der Waals surface area contributed by atoms with Crippen molar-refractivity contribution >= 4 is 5.97 Å². The fourth-order valence-corrected chi connectivity index (χ4v) is 1.80. The number of hydrogen-bond acceptors (Lipinski definition) is 3. The fraction of sp³-hybridized carbons (Fsp3) is 0.357. The number of fused-ring (bicyclic) bond motifs is 1. The Kier molecular flexibility index (Phi) is 4.23. The number of carboxylic acids is 1. The molecule has 1 aromatic rings. The maximum atomic E-state index is 10.3. The summed E-state index contributed by atoms with van der Waals surface area (Å²) in [4.78, 5) is 10.3. The molecule has 0 spiro atoms. The number of allylic oxidation sites excluding steroid dienone is 1. The lowest BCUT2D eigenvalue weighted by Gasteiger charge is -2.08. The zero-order chi connectivity index (χ0) is 12.8.